The number of methoxy groups -OCH3 is 1. The molecule has 13 heavy (non-hydrogen) atoms. The van der Waals surface area contributed by atoms with Crippen molar-refractivity contribution in [2.24, 2.45) is 0 Å². The third kappa shape index (κ3) is 6.79. The number of hydrogen-bond acceptors (Lipinski definition) is 2. The lowest BCUT2D eigenvalue weighted by Crippen LogP contribution is -2.18. The molecule has 1 fully saturated rings. The maximum atomic E-state index is 5.13. The van der Waals surface area contributed by atoms with Crippen molar-refractivity contribution in [2.75, 3.05) is 13.7 Å². The monoisotopic (exact) mass is 187 g/mol. The van der Waals surface area contributed by atoms with E-state index in [1.165, 1.54) is 0 Å². The van der Waals surface area contributed by atoms with E-state index in [4.69, 9.17) is 4.74 Å². The van der Waals surface area contributed by atoms with Crippen LogP contribution in [-0.4, -0.2) is 25.8 Å². The van der Waals surface area contributed by atoms with Crippen LogP contribution in [0.5, 0.6) is 0 Å². The summed E-state index contributed by atoms with van der Waals surface area (Å²) >= 11 is 0. The van der Waals surface area contributed by atoms with Crippen molar-refractivity contribution in [3.05, 3.63) is 12.7 Å². The Hall–Kier alpha value is -0.340. The molecular weight excluding hydrogens is 162 g/mol. The van der Waals surface area contributed by atoms with Crippen molar-refractivity contribution in [1.82, 2.24) is 5.32 Å². The average molecular weight is 187 g/mol. The smallest absolute Gasteiger partial charge is 0.0713 e. The van der Waals surface area contributed by atoms with Crippen LogP contribution in [0.1, 0.15) is 34.1 Å². The Labute approximate surface area is 83.4 Å². The van der Waals surface area contributed by atoms with Gasteiger partial charge in [0.05, 0.1) is 6.10 Å². The molecule has 1 heterocycles. The predicted molar refractivity (Wildman–Crippen MR) is 60.1 cm³/mol. The van der Waals surface area contributed by atoms with Crippen molar-refractivity contribution in [3.8, 4) is 0 Å². The number of nitrogens with one attached hydrogen (secondary N) is 1. The number of hydrogen-bond donors (Lipinski definition) is 1. The zero-order valence-electron chi connectivity index (χ0n) is 9.76. The largest absolute Gasteiger partial charge is 0.380 e. The Morgan fingerprint density at radius 2 is 1.85 bits per heavy atom. The first-order valence-corrected chi connectivity index (χ1v) is 5.25. The minimum absolute atomic E-state index is 0.396. The Kier molecular flexibility index (Phi) is 13.6. The van der Waals surface area contributed by atoms with Crippen molar-refractivity contribution >= 4 is 0 Å². The summed E-state index contributed by atoms with van der Waals surface area (Å²) in [4.78, 5) is 0. The maximum Gasteiger partial charge on any atom is 0.0713 e. The summed E-state index contributed by atoms with van der Waals surface area (Å²) in [5.74, 6) is 0. The molecule has 0 aromatic heterocycles. The van der Waals surface area contributed by atoms with Crippen molar-refractivity contribution in [3.63, 3.8) is 0 Å². The van der Waals surface area contributed by atoms with E-state index in [-0.39, 0.29) is 0 Å². The van der Waals surface area contributed by atoms with Gasteiger partial charge in [-0.2, -0.15) is 0 Å². The highest BCUT2D eigenvalue weighted by atomic mass is 16.5. The van der Waals surface area contributed by atoms with Gasteiger partial charge in [0.25, 0.3) is 0 Å². The zero-order chi connectivity index (χ0) is 10.7. The van der Waals surface area contributed by atoms with Crippen LogP contribution >= 0.6 is 0 Å². The molecule has 0 spiro atoms. The molecule has 1 aliphatic heterocycles. The van der Waals surface area contributed by atoms with E-state index in [0.29, 0.717) is 12.1 Å². The third-order valence-corrected chi connectivity index (χ3v) is 1.74. The van der Waals surface area contributed by atoms with Crippen LogP contribution in [0.25, 0.3) is 0 Å². The van der Waals surface area contributed by atoms with Crippen LogP contribution in [0.3, 0.4) is 0 Å². The molecule has 2 atom stereocenters. The molecule has 1 rings (SSSR count). The molecule has 80 valence electrons. The van der Waals surface area contributed by atoms with Gasteiger partial charge < -0.3 is 10.1 Å². The Bertz CT molecular complexity index is 104. The first-order chi connectivity index (χ1) is 6.36. The molecule has 0 aromatic carbocycles. The lowest BCUT2D eigenvalue weighted by molar-refractivity contribution is 0.118. The van der Waals surface area contributed by atoms with Gasteiger partial charge in [-0.3, -0.25) is 0 Å². The summed E-state index contributed by atoms with van der Waals surface area (Å²) < 4.78 is 5.13. The molecule has 1 saturated heterocycles. The second kappa shape index (κ2) is 11.7. The first-order valence-electron chi connectivity index (χ1n) is 5.25. The minimum Gasteiger partial charge on any atom is -0.380 e. The highest BCUT2D eigenvalue weighted by Crippen LogP contribution is 2.08. The van der Waals surface area contributed by atoms with Crippen molar-refractivity contribution in [1.29, 1.82) is 0 Å². The highest BCUT2D eigenvalue weighted by molar-refractivity contribution is 4.93. The third-order valence-electron chi connectivity index (χ3n) is 1.74. The van der Waals surface area contributed by atoms with Crippen LogP contribution in [0, 0.1) is 0 Å². The normalized spacial score (nSPS) is 25.0. The average Bonchev–Trinajstić information content (AvgIpc) is 2.71. The van der Waals surface area contributed by atoms with E-state index >= 15 is 0 Å². The fourth-order valence-electron chi connectivity index (χ4n) is 1.09. The summed E-state index contributed by atoms with van der Waals surface area (Å²) in [6.45, 7) is 12.7. The summed E-state index contributed by atoms with van der Waals surface area (Å²) in [5, 5.41) is 3.26. The van der Waals surface area contributed by atoms with Crippen LogP contribution in [0.15, 0.2) is 12.7 Å². The van der Waals surface area contributed by atoms with Gasteiger partial charge in [-0.15, -0.1) is 6.58 Å². The SMILES string of the molecule is C=CC1CC(OC)CN1.CC.CC. The fraction of sp³-hybridized carbons (Fsp3) is 0.818. The van der Waals surface area contributed by atoms with Crippen LogP contribution in [0.2, 0.25) is 0 Å². The van der Waals surface area contributed by atoms with Gasteiger partial charge in [0.2, 0.25) is 0 Å². The van der Waals surface area contributed by atoms with Crippen LogP contribution in [-0.2, 0) is 4.74 Å². The van der Waals surface area contributed by atoms with Crippen LogP contribution in [0.4, 0.5) is 0 Å². The summed E-state index contributed by atoms with van der Waals surface area (Å²) in [7, 11) is 1.75. The lowest BCUT2D eigenvalue weighted by atomic mass is 10.2. The molecule has 0 radical (unpaired) electrons. The molecule has 1 N–H and O–H groups in total. The Morgan fingerprint density at radius 1 is 1.31 bits per heavy atom. The quantitative estimate of drug-likeness (QED) is 0.671. The highest BCUT2D eigenvalue weighted by Gasteiger charge is 2.20. The first kappa shape index (κ1) is 15.1. The van der Waals surface area contributed by atoms with Gasteiger partial charge in [0, 0.05) is 19.7 Å². The summed E-state index contributed by atoms with van der Waals surface area (Å²) in [6, 6.07) is 0.468. The number of ether oxygens (including phenoxy) is 1. The Morgan fingerprint density at radius 3 is 2.08 bits per heavy atom. The molecule has 0 amide bonds. The molecular formula is C11H25NO. The van der Waals surface area contributed by atoms with Gasteiger partial charge >= 0.3 is 0 Å². The van der Waals surface area contributed by atoms with E-state index < -0.39 is 0 Å². The van der Waals surface area contributed by atoms with E-state index in [1.54, 1.807) is 7.11 Å². The topological polar surface area (TPSA) is 21.3 Å². The second-order valence-electron chi connectivity index (χ2n) is 2.34. The molecule has 2 unspecified atom stereocenters. The van der Waals surface area contributed by atoms with Gasteiger partial charge in [-0.1, -0.05) is 33.8 Å². The minimum atomic E-state index is 0.396. The zero-order valence-corrected chi connectivity index (χ0v) is 9.76. The van der Waals surface area contributed by atoms with Gasteiger partial charge in [-0.25, -0.2) is 0 Å². The van der Waals surface area contributed by atoms with Crippen molar-refractivity contribution < 1.29 is 4.74 Å². The van der Waals surface area contributed by atoms with E-state index in [0.717, 1.165) is 13.0 Å². The molecule has 2 heteroatoms. The van der Waals surface area contributed by atoms with Crippen LogP contribution < -0.4 is 5.32 Å². The molecule has 0 aromatic rings. The molecule has 0 saturated carbocycles. The van der Waals surface area contributed by atoms with E-state index in [9.17, 15) is 0 Å². The van der Waals surface area contributed by atoms with Crippen molar-refractivity contribution in [2.45, 2.75) is 46.3 Å². The van der Waals surface area contributed by atoms with Gasteiger partial charge in [0.15, 0.2) is 0 Å². The fourth-order valence-corrected chi connectivity index (χ4v) is 1.09. The van der Waals surface area contributed by atoms with Gasteiger partial charge in [-0.05, 0) is 6.42 Å². The molecule has 1 aliphatic rings. The second-order valence-corrected chi connectivity index (χ2v) is 2.34. The Balaban J connectivity index is 0. The molecule has 2 nitrogen and oxygen atoms in total. The predicted octanol–water partition coefficient (Wildman–Crippen LogP) is 2.60. The summed E-state index contributed by atoms with van der Waals surface area (Å²) in [5.41, 5.74) is 0. The maximum absolute atomic E-state index is 5.13. The molecule has 0 aliphatic carbocycles. The lowest BCUT2D eigenvalue weighted by Gasteiger charge is -2.03. The molecule has 0 bridgehead atoms. The van der Waals surface area contributed by atoms with Gasteiger partial charge in [0.1, 0.15) is 0 Å². The van der Waals surface area contributed by atoms with E-state index in [2.05, 4.69) is 11.9 Å². The standard InChI is InChI=1S/C7H13NO.2C2H6/c1-3-6-4-7(9-2)5-8-6;2*1-2/h3,6-8H,1,4-5H2,2H3;2*1-2H3. The summed E-state index contributed by atoms with van der Waals surface area (Å²) in [6.07, 6.45) is 3.40. The number of rotatable bonds is 2. The van der Waals surface area contributed by atoms with E-state index in [1.807, 2.05) is 33.8 Å².